The Balaban J connectivity index is 1.82. The number of hydrogen-bond donors (Lipinski definition) is 2. The van der Waals surface area contributed by atoms with Gasteiger partial charge >= 0.3 is 12.1 Å². The molecule has 182 valence electrons. The van der Waals surface area contributed by atoms with Gasteiger partial charge in [0.15, 0.2) is 12.4 Å². The van der Waals surface area contributed by atoms with Crippen LogP contribution in [0.4, 0.5) is 17.6 Å². The maximum atomic E-state index is 13.6. The van der Waals surface area contributed by atoms with Crippen molar-refractivity contribution in [3.63, 3.8) is 0 Å². The minimum absolute atomic E-state index is 0.0180. The van der Waals surface area contributed by atoms with Gasteiger partial charge in [-0.15, -0.1) is 0 Å². The van der Waals surface area contributed by atoms with Crippen molar-refractivity contribution in [1.82, 2.24) is 10.4 Å². The minimum atomic E-state index is -5.39. The van der Waals surface area contributed by atoms with Gasteiger partial charge < -0.3 is 20.6 Å². The fourth-order valence-corrected chi connectivity index (χ4v) is 4.36. The van der Waals surface area contributed by atoms with E-state index in [4.69, 9.17) is 22.1 Å². The van der Waals surface area contributed by atoms with E-state index in [0.29, 0.717) is 25.9 Å². The summed E-state index contributed by atoms with van der Waals surface area (Å²) >= 11 is 5.58. The van der Waals surface area contributed by atoms with Gasteiger partial charge in [0.1, 0.15) is 17.1 Å². The van der Waals surface area contributed by atoms with Gasteiger partial charge in [-0.3, -0.25) is 9.59 Å². The van der Waals surface area contributed by atoms with Gasteiger partial charge in [-0.2, -0.15) is 18.2 Å². The van der Waals surface area contributed by atoms with Crippen molar-refractivity contribution in [2.45, 2.75) is 49.4 Å². The Hall–Kier alpha value is -2.44. The van der Waals surface area contributed by atoms with Crippen LogP contribution in [-0.2, 0) is 19.2 Å². The number of carbonyl (C=O) groups excluding carboxylic acids is 3. The van der Waals surface area contributed by atoms with Crippen LogP contribution in [0.25, 0.3) is 0 Å². The Kier molecular flexibility index (Phi) is 7.20. The fourth-order valence-electron chi connectivity index (χ4n) is 4.24. The number of nitrogens with zero attached hydrogens (tertiary/aromatic N) is 1. The number of ether oxygens (including phenoxy) is 1. The Morgan fingerprint density at radius 3 is 2.42 bits per heavy atom. The van der Waals surface area contributed by atoms with Crippen LogP contribution in [0.5, 0.6) is 5.75 Å². The largest absolute Gasteiger partial charge is 0.493 e. The number of amides is 1. The van der Waals surface area contributed by atoms with Crippen molar-refractivity contribution in [3.8, 4) is 5.75 Å². The SMILES string of the molecule is NCCNC12CCC(N(OC(=O)C(F)(F)F)C(=O)COc3ccc(Cl)c(F)c3)(CC1)C(=O)C2. The number of carbonyl (C=O) groups is 3. The number of rotatable bonds is 7. The molecule has 0 spiro atoms. The van der Waals surface area contributed by atoms with E-state index in [9.17, 15) is 31.9 Å². The first-order valence-corrected chi connectivity index (χ1v) is 10.5. The molecular weight excluding hydrogens is 474 g/mol. The smallest absolute Gasteiger partial charge is 0.484 e. The molecule has 13 heteroatoms. The normalized spacial score (nSPS) is 24.5. The van der Waals surface area contributed by atoms with Gasteiger partial charge in [-0.1, -0.05) is 11.6 Å². The second kappa shape index (κ2) is 9.43. The first-order valence-electron chi connectivity index (χ1n) is 10.1. The Labute approximate surface area is 191 Å². The number of nitrogens with two attached hydrogens (primary N) is 1. The highest BCUT2D eigenvalue weighted by Gasteiger charge is 2.60. The number of halogens is 5. The van der Waals surface area contributed by atoms with E-state index >= 15 is 0 Å². The van der Waals surface area contributed by atoms with Crippen molar-refractivity contribution in [1.29, 1.82) is 0 Å². The molecule has 0 radical (unpaired) electrons. The van der Waals surface area contributed by atoms with Gasteiger partial charge in [0.2, 0.25) is 0 Å². The summed E-state index contributed by atoms with van der Waals surface area (Å²) in [6.07, 6.45) is -4.78. The van der Waals surface area contributed by atoms with Gasteiger partial charge in [-0.25, -0.2) is 9.18 Å². The number of ketones is 1. The van der Waals surface area contributed by atoms with E-state index in [-0.39, 0.29) is 35.1 Å². The third-order valence-corrected chi connectivity index (χ3v) is 6.28. The molecule has 8 nitrogen and oxygen atoms in total. The van der Waals surface area contributed by atoms with Gasteiger partial charge in [0.05, 0.1) is 5.02 Å². The average Bonchev–Trinajstić information content (AvgIpc) is 2.76. The zero-order valence-corrected chi connectivity index (χ0v) is 18.1. The molecule has 1 amide bonds. The summed E-state index contributed by atoms with van der Waals surface area (Å²) in [7, 11) is 0. The van der Waals surface area contributed by atoms with Crippen LogP contribution in [0.1, 0.15) is 32.1 Å². The summed E-state index contributed by atoms with van der Waals surface area (Å²) in [6.45, 7) is -0.132. The van der Waals surface area contributed by atoms with Crippen LogP contribution in [0.15, 0.2) is 18.2 Å². The Bertz CT molecular complexity index is 935. The maximum absolute atomic E-state index is 13.6. The quantitative estimate of drug-likeness (QED) is 0.441. The van der Waals surface area contributed by atoms with Crippen LogP contribution in [0.3, 0.4) is 0 Å². The molecule has 3 aliphatic carbocycles. The van der Waals surface area contributed by atoms with Crippen LogP contribution >= 0.6 is 11.6 Å². The molecule has 0 heterocycles. The first kappa shape index (κ1) is 25.2. The molecule has 0 saturated heterocycles. The summed E-state index contributed by atoms with van der Waals surface area (Å²) in [5.41, 5.74) is 3.18. The fraction of sp³-hybridized carbons (Fsp3) is 0.550. The second-order valence-corrected chi connectivity index (χ2v) is 8.46. The Morgan fingerprint density at radius 1 is 1.21 bits per heavy atom. The standard InChI is InChI=1S/C20H22ClF4N3O5/c21-13-2-1-12(9-14(13)22)32-11-16(30)28(33-17(31)20(23,24)25)19-5-3-18(4-6-19,10-15(19)29)27-8-7-26/h1-2,9,27H,3-8,10-11,26H2. The van der Waals surface area contributed by atoms with Crippen molar-refractivity contribution in [2.75, 3.05) is 19.7 Å². The van der Waals surface area contributed by atoms with E-state index < -0.39 is 47.3 Å². The van der Waals surface area contributed by atoms with E-state index in [0.717, 1.165) is 12.1 Å². The molecule has 3 saturated carbocycles. The maximum Gasteiger partial charge on any atom is 0.493 e. The second-order valence-electron chi connectivity index (χ2n) is 8.06. The number of alkyl halides is 3. The Morgan fingerprint density at radius 2 is 1.88 bits per heavy atom. The molecule has 1 aromatic carbocycles. The lowest BCUT2D eigenvalue weighted by Crippen LogP contribution is -2.69. The molecule has 3 fully saturated rings. The highest BCUT2D eigenvalue weighted by atomic mass is 35.5. The average molecular weight is 496 g/mol. The van der Waals surface area contributed by atoms with Crippen LogP contribution < -0.4 is 15.8 Å². The molecule has 0 unspecified atom stereocenters. The molecule has 3 aliphatic rings. The van der Waals surface area contributed by atoms with Crippen molar-refractivity contribution in [3.05, 3.63) is 29.0 Å². The first-order chi connectivity index (χ1) is 15.4. The molecule has 0 aliphatic heterocycles. The molecule has 4 rings (SSSR count). The van der Waals surface area contributed by atoms with E-state index in [2.05, 4.69) is 10.2 Å². The third kappa shape index (κ3) is 5.22. The number of hydrogen-bond acceptors (Lipinski definition) is 7. The topological polar surface area (TPSA) is 111 Å². The molecule has 2 bridgehead atoms. The van der Waals surface area contributed by atoms with Crippen molar-refractivity contribution < 1.29 is 41.5 Å². The lowest BCUT2D eigenvalue weighted by Gasteiger charge is -2.54. The predicted molar refractivity (Wildman–Crippen MR) is 107 cm³/mol. The van der Waals surface area contributed by atoms with E-state index in [1.54, 1.807) is 0 Å². The molecular formula is C20H22ClF4N3O5. The number of nitrogens with one attached hydrogen (secondary N) is 1. The summed E-state index contributed by atoms with van der Waals surface area (Å²) in [6, 6.07) is 3.28. The lowest BCUT2D eigenvalue weighted by molar-refractivity contribution is -0.259. The predicted octanol–water partition coefficient (Wildman–Crippen LogP) is 2.28. The molecule has 33 heavy (non-hydrogen) atoms. The molecule has 0 atom stereocenters. The number of benzene rings is 1. The van der Waals surface area contributed by atoms with Crippen LogP contribution in [0.2, 0.25) is 5.02 Å². The molecule has 3 N–H and O–H groups in total. The van der Waals surface area contributed by atoms with E-state index in [1.807, 2.05) is 0 Å². The van der Waals surface area contributed by atoms with Crippen molar-refractivity contribution >= 4 is 29.3 Å². The number of fused-ring (bicyclic) bond motifs is 3. The number of hydroxylamine groups is 2. The summed E-state index contributed by atoms with van der Waals surface area (Å²) in [4.78, 5) is 41.9. The molecule has 1 aromatic rings. The highest BCUT2D eigenvalue weighted by Crippen LogP contribution is 2.48. The summed E-state index contributed by atoms with van der Waals surface area (Å²) in [5.74, 6) is -5.34. The van der Waals surface area contributed by atoms with Crippen LogP contribution in [-0.4, -0.2) is 59.7 Å². The van der Waals surface area contributed by atoms with Crippen molar-refractivity contribution in [2.24, 2.45) is 5.73 Å². The molecule has 0 aromatic heterocycles. The zero-order chi connectivity index (χ0) is 24.4. The van der Waals surface area contributed by atoms with Gasteiger partial charge in [-0.05, 0) is 37.8 Å². The lowest BCUT2D eigenvalue weighted by atomic mass is 9.60. The summed E-state index contributed by atoms with van der Waals surface area (Å²) < 4.78 is 57.5. The van der Waals surface area contributed by atoms with Crippen LogP contribution in [0, 0.1) is 5.82 Å². The minimum Gasteiger partial charge on any atom is -0.484 e. The number of Topliss-reactive ketones (excluding diaryl/α,β-unsaturated/α-hetero) is 1. The van der Waals surface area contributed by atoms with Gasteiger partial charge in [0, 0.05) is 31.1 Å². The monoisotopic (exact) mass is 495 g/mol. The summed E-state index contributed by atoms with van der Waals surface area (Å²) in [5, 5.41) is 3.20. The third-order valence-electron chi connectivity index (χ3n) is 5.97. The zero-order valence-electron chi connectivity index (χ0n) is 17.3. The van der Waals surface area contributed by atoms with Gasteiger partial charge in [0.25, 0.3) is 5.91 Å². The van der Waals surface area contributed by atoms with E-state index in [1.165, 1.54) is 6.07 Å². The highest BCUT2D eigenvalue weighted by molar-refractivity contribution is 6.30.